The first-order valence-corrected chi connectivity index (χ1v) is 23.9. The molecule has 15 heteroatoms. The maximum atomic E-state index is 12.9. The molecule has 0 spiro atoms. The van der Waals surface area contributed by atoms with Crippen LogP contribution in [0.1, 0.15) is 168 Å². The van der Waals surface area contributed by atoms with E-state index in [-0.39, 0.29) is 26.1 Å². The minimum absolute atomic E-state index is 0.165. The molecule has 62 heavy (non-hydrogen) atoms. The van der Waals surface area contributed by atoms with Gasteiger partial charge in [-0.05, 0) is 44.9 Å². The summed E-state index contributed by atoms with van der Waals surface area (Å²) in [4.78, 5) is 25.6. The molecule has 2 aliphatic heterocycles. The van der Waals surface area contributed by atoms with Gasteiger partial charge in [-0.1, -0.05) is 134 Å². The molecule has 0 aromatic rings. The fourth-order valence-corrected chi connectivity index (χ4v) is 7.42. The monoisotopic (exact) mass is 889 g/mol. The van der Waals surface area contributed by atoms with Crippen molar-refractivity contribution in [1.82, 2.24) is 0 Å². The molecule has 15 nitrogen and oxygen atoms in total. The van der Waals surface area contributed by atoms with Crippen LogP contribution in [0.4, 0.5) is 0 Å². The zero-order valence-corrected chi connectivity index (χ0v) is 37.9. The number of unbranched alkanes of at least 4 members (excludes halogenated alkanes) is 18. The maximum absolute atomic E-state index is 12.9. The number of esters is 2. The van der Waals surface area contributed by atoms with E-state index >= 15 is 0 Å². The third-order valence-corrected chi connectivity index (χ3v) is 11.4. The Bertz CT molecular complexity index is 1180. The molecule has 0 aromatic carbocycles. The molecule has 2 fully saturated rings. The number of hydrogen-bond acceptors (Lipinski definition) is 15. The fourth-order valence-electron chi connectivity index (χ4n) is 7.42. The lowest BCUT2D eigenvalue weighted by Gasteiger charge is -2.42. The maximum Gasteiger partial charge on any atom is 0.306 e. The highest BCUT2D eigenvalue weighted by atomic mass is 16.7. The summed E-state index contributed by atoms with van der Waals surface area (Å²) in [6.45, 7) is 2.53. The number of carbonyl (C=O) groups is 2. The van der Waals surface area contributed by atoms with Crippen molar-refractivity contribution in [3.8, 4) is 0 Å². The van der Waals surface area contributed by atoms with Crippen LogP contribution in [0.25, 0.3) is 0 Å². The molecule has 0 amide bonds. The van der Waals surface area contributed by atoms with Gasteiger partial charge in [0.25, 0.3) is 0 Å². The van der Waals surface area contributed by atoms with E-state index in [9.17, 15) is 45.3 Å². The van der Waals surface area contributed by atoms with Crippen LogP contribution in [0.2, 0.25) is 0 Å². The highest BCUT2D eigenvalue weighted by Crippen LogP contribution is 2.26. The van der Waals surface area contributed by atoms with Crippen molar-refractivity contribution in [2.24, 2.45) is 0 Å². The lowest BCUT2D eigenvalue weighted by Crippen LogP contribution is -2.61. The van der Waals surface area contributed by atoms with Gasteiger partial charge in [0.2, 0.25) is 0 Å². The second-order valence-corrected chi connectivity index (χ2v) is 16.9. The highest BCUT2D eigenvalue weighted by molar-refractivity contribution is 5.70. The van der Waals surface area contributed by atoms with Gasteiger partial charge in [-0.25, -0.2) is 0 Å². The third-order valence-electron chi connectivity index (χ3n) is 11.4. The molecule has 2 aliphatic rings. The summed E-state index contributed by atoms with van der Waals surface area (Å²) >= 11 is 0. The topological polar surface area (TPSA) is 231 Å². The first-order chi connectivity index (χ1) is 30.0. The molecule has 0 aliphatic carbocycles. The van der Waals surface area contributed by atoms with E-state index in [4.69, 9.17) is 28.4 Å². The second kappa shape index (κ2) is 35.3. The van der Waals surface area contributed by atoms with Gasteiger partial charge in [-0.15, -0.1) is 0 Å². The van der Waals surface area contributed by atoms with Crippen LogP contribution in [0.5, 0.6) is 0 Å². The van der Waals surface area contributed by atoms with Crippen LogP contribution >= 0.6 is 0 Å². The summed E-state index contributed by atoms with van der Waals surface area (Å²) in [7, 11) is 0. The first-order valence-electron chi connectivity index (χ1n) is 23.9. The van der Waals surface area contributed by atoms with Gasteiger partial charge < -0.3 is 64.2 Å². The minimum Gasteiger partial charge on any atom is -0.462 e. The summed E-state index contributed by atoms with van der Waals surface area (Å²) in [5.74, 6) is -0.939. The molecular formula is C47H84O15. The van der Waals surface area contributed by atoms with Crippen molar-refractivity contribution in [2.75, 3.05) is 26.4 Å². The molecular weight excluding hydrogens is 805 g/mol. The Kier molecular flexibility index (Phi) is 31.9. The van der Waals surface area contributed by atoms with E-state index in [1.54, 1.807) is 0 Å². The summed E-state index contributed by atoms with van der Waals surface area (Å²) < 4.78 is 33.5. The van der Waals surface area contributed by atoms with Crippen LogP contribution in [-0.4, -0.2) is 142 Å². The molecule has 11 atom stereocenters. The molecule has 2 heterocycles. The summed E-state index contributed by atoms with van der Waals surface area (Å²) in [6.07, 6.45) is 16.4. The van der Waals surface area contributed by atoms with E-state index in [1.807, 2.05) is 0 Å². The lowest BCUT2D eigenvalue weighted by molar-refractivity contribution is -0.332. The van der Waals surface area contributed by atoms with Gasteiger partial charge >= 0.3 is 11.9 Å². The predicted octanol–water partition coefficient (Wildman–Crippen LogP) is 5.60. The standard InChI is InChI=1S/C47H84O15/c1-3-5-7-9-11-13-15-16-17-18-20-21-23-25-27-29-38(49)57-32-35(60-39(50)30-28-26-24-22-19-14-12-10-8-6-4-2)33-58-46-45(56)43(54)41(52)37(62-46)34-59-47-44(55)42(53)40(51)36(31-48)61-47/h11,13,16-17,35-37,40-48,51-56H,3-10,12,14-15,18-34H2,1-2H3/b13-11-,17-16-/t35-,36-,37-,40+,41+,42+,43+,44-,45-,46-,47+/m1/s1. The minimum atomic E-state index is -1.76. The van der Waals surface area contributed by atoms with Crippen molar-refractivity contribution < 1.29 is 73.8 Å². The Labute approximate surface area is 371 Å². The second-order valence-electron chi connectivity index (χ2n) is 16.9. The number of aliphatic hydroxyl groups excluding tert-OH is 7. The van der Waals surface area contributed by atoms with Crippen LogP contribution in [0.15, 0.2) is 24.3 Å². The number of ether oxygens (including phenoxy) is 6. The average Bonchev–Trinajstić information content (AvgIpc) is 3.26. The number of hydrogen-bond donors (Lipinski definition) is 7. The molecule has 0 bridgehead atoms. The van der Waals surface area contributed by atoms with Crippen LogP contribution in [-0.2, 0) is 38.0 Å². The molecule has 362 valence electrons. The lowest BCUT2D eigenvalue weighted by atomic mass is 9.98. The van der Waals surface area contributed by atoms with Crippen LogP contribution in [0, 0.1) is 0 Å². The highest BCUT2D eigenvalue weighted by Gasteiger charge is 2.47. The van der Waals surface area contributed by atoms with Gasteiger partial charge in [0.1, 0.15) is 55.4 Å². The van der Waals surface area contributed by atoms with E-state index in [1.165, 1.54) is 64.2 Å². The molecule has 0 saturated carbocycles. The largest absolute Gasteiger partial charge is 0.462 e. The van der Waals surface area contributed by atoms with Gasteiger partial charge in [-0.2, -0.15) is 0 Å². The fraction of sp³-hybridized carbons (Fsp3) is 0.872. The predicted molar refractivity (Wildman–Crippen MR) is 234 cm³/mol. The molecule has 2 rings (SSSR count). The number of allylic oxidation sites excluding steroid dienone is 4. The van der Waals surface area contributed by atoms with Gasteiger partial charge in [0.15, 0.2) is 18.7 Å². The summed E-state index contributed by atoms with van der Waals surface area (Å²) in [5, 5.41) is 71.9. The van der Waals surface area contributed by atoms with Crippen LogP contribution < -0.4 is 0 Å². The van der Waals surface area contributed by atoms with Crippen LogP contribution in [0.3, 0.4) is 0 Å². The SMILES string of the molecule is CCCCC/C=C\C/C=C\CCCCCCCC(=O)OC[C@H](CO[C@@H]1O[C@H](CO[C@H]2O[C@H](CO)[C@H](O)[C@H](O)[C@H]2O)[C@H](O)[C@H](O)[C@H]1O)OC(=O)CCCCCCCCCCCCC. The summed E-state index contributed by atoms with van der Waals surface area (Å²) in [5.41, 5.74) is 0. The Morgan fingerprint density at radius 3 is 1.53 bits per heavy atom. The average molecular weight is 889 g/mol. The Morgan fingerprint density at radius 2 is 0.968 bits per heavy atom. The van der Waals surface area contributed by atoms with Crippen molar-refractivity contribution in [1.29, 1.82) is 0 Å². The van der Waals surface area contributed by atoms with E-state index < -0.39 is 92.7 Å². The van der Waals surface area contributed by atoms with Crippen molar-refractivity contribution in [2.45, 2.75) is 235 Å². The Morgan fingerprint density at radius 1 is 0.516 bits per heavy atom. The Hall–Kier alpha value is -2.02. The first kappa shape index (κ1) is 56.1. The Balaban J connectivity index is 1.84. The van der Waals surface area contributed by atoms with Crippen molar-refractivity contribution >= 4 is 11.9 Å². The van der Waals surface area contributed by atoms with Crippen molar-refractivity contribution in [3.05, 3.63) is 24.3 Å². The van der Waals surface area contributed by atoms with E-state index in [0.29, 0.717) is 12.8 Å². The van der Waals surface area contributed by atoms with Gasteiger partial charge in [-0.3, -0.25) is 9.59 Å². The van der Waals surface area contributed by atoms with E-state index in [2.05, 4.69) is 38.2 Å². The van der Waals surface area contributed by atoms with E-state index in [0.717, 1.165) is 64.2 Å². The summed E-state index contributed by atoms with van der Waals surface area (Å²) in [6, 6.07) is 0. The smallest absolute Gasteiger partial charge is 0.306 e. The third kappa shape index (κ3) is 23.8. The van der Waals surface area contributed by atoms with Gasteiger partial charge in [0, 0.05) is 12.8 Å². The molecule has 0 unspecified atom stereocenters. The molecule has 7 N–H and O–H groups in total. The van der Waals surface area contributed by atoms with Crippen molar-refractivity contribution in [3.63, 3.8) is 0 Å². The van der Waals surface area contributed by atoms with Gasteiger partial charge in [0.05, 0.1) is 19.8 Å². The zero-order valence-electron chi connectivity index (χ0n) is 37.9. The number of aliphatic hydroxyl groups is 7. The number of rotatable bonds is 36. The zero-order chi connectivity index (χ0) is 45.4. The normalized spacial score (nSPS) is 27.2. The molecule has 0 radical (unpaired) electrons. The number of carbonyl (C=O) groups excluding carboxylic acids is 2. The molecule has 0 aromatic heterocycles. The quantitative estimate of drug-likeness (QED) is 0.0231. The molecule has 2 saturated heterocycles.